The molecule has 1 aromatic carbocycles. The highest BCUT2D eigenvalue weighted by molar-refractivity contribution is 6.30. The Morgan fingerprint density at radius 2 is 2.09 bits per heavy atom. The number of anilines is 3. The van der Waals surface area contributed by atoms with Gasteiger partial charge < -0.3 is 10.6 Å². The molecule has 2 aromatic rings. The largest absolute Gasteiger partial charge is 0.352 e. The molecule has 3 rings (SSSR count). The highest BCUT2D eigenvalue weighted by Gasteiger charge is 2.26. The molecule has 0 aliphatic heterocycles. The lowest BCUT2D eigenvalue weighted by Gasteiger charge is -2.14. The second-order valence-electron chi connectivity index (χ2n) is 5.86. The first-order valence-electron chi connectivity index (χ1n) is 7.82. The molecule has 1 atom stereocenters. The molecule has 1 heterocycles. The third-order valence-corrected chi connectivity index (χ3v) is 4.06. The Morgan fingerprint density at radius 1 is 1.27 bits per heavy atom. The van der Waals surface area contributed by atoms with Gasteiger partial charge in [-0.1, -0.05) is 24.6 Å². The highest BCUT2D eigenvalue weighted by atomic mass is 35.5. The van der Waals surface area contributed by atoms with E-state index in [1.54, 1.807) is 0 Å². The van der Waals surface area contributed by atoms with Gasteiger partial charge >= 0.3 is 0 Å². The third kappa shape index (κ3) is 3.89. The number of hydrogen-bond donors (Lipinski definition) is 2. The second kappa shape index (κ2) is 6.53. The van der Waals surface area contributed by atoms with Crippen molar-refractivity contribution in [3.8, 4) is 0 Å². The Kier molecular flexibility index (Phi) is 4.48. The monoisotopic (exact) mass is 316 g/mol. The molecule has 5 heteroatoms. The molecule has 1 fully saturated rings. The van der Waals surface area contributed by atoms with E-state index >= 15 is 0 Å². The fourth-order valence-corrected chi connectivity index (χ4v) is 2.41. The molecular formula is C17H21ClN4. The van der Waals surface area contributed by atoms with E-state index in [-0.39, 0.29) is 0 Å². The van der Waals surface area contributed by atoms with Crippen molar-refractivity contribution in [3.63, 3.8) is 0 Å². The van der Waals surface area contributed by atoms with Crippen LogP contribution in [0, 0.1) is 0 Å². The van der Waals surface area contributed by atoms with Gasteiger partial charge in [0.05, 0.1) is 5.69 Å². The lowest BCUT2D eigenvalue weighted by atomic mass is 10.2. The number of aromatic nitrogens is 2. The summed E-state index contributed by atoms with van der Waals surface area (Å²) in [4.78, 5) is 9.23. The summed E-state index contributed by atoms with van der Waals surface area (Å²) in [7, 11) is 0. The first-order valence-corrected chi connectivity index (χ1v) is 8.20. The van der Waals surface area contributed by atoms with Crippen molar-refractivity contribution in [3.05, 3.63) is 41.0 Å². The molecule has 0 radical (unpaired) electrons. The summed E-state index contributed by atoms with van der Waals surface area (Å²) in [5, 5.41) is 7.40. The van der Waals surface area contributed by atoms with Gasteiger partial charge in [0.2, 0.25) is 5.95 Å². The van der Waals surface area contributed by atoms with Gasteiger partial charge in [0.25, 0.3) is 0 Å². The van der Waals surface area contributed by atoms with Crippen molar-refractivity contribution >= 4 is 29.1 Å². The molecule has 1 aliphatic carbocycles. The summed E-state index contributed by atoms with van der Waals surface area (Å²) >= 11 is 6.04. The van der Waals surface area contributed by atoms with Crippen molar-refractivity contribution in [2.75, 3.05) is 10.6 Å². The molecule has 4 nitrogen and oxygen atoms in total. The minimum Gasteiger partial charge on any atom is -0.352 e. The van der Waals surface area contributed by atoms with Crippen molar-refractivity contribution < 1.29 is 0 Å². The number of nitrogens with zero attached hydrogens (tertiary/aromatic N) is 2. The minimum atomic E-state index is 0.355. The summed E-state index contributed by atoms with van der Waals surface area (Å²) in [6.07, 6.45) is 3.47. The van der Waals surface area contributed by atoms with Gasteiger partial charge in [-0.25, -0.2) is 4.98 Å². The van der Waals surface area contributed by atoms with E-state index in [4.69, 9.17) is 11.6 Å². The summed E-state index contributed by atoms with van der Waals surface area (Å²) in [6.45, 7) is 4.28. The number of rotatable bonds is 6. The smallest absolute Gasteiger partial charge is 0.225 e. The van der Waals surface area contributed by atoms with Crippen molar-refractivity contribution in [1.82, 2.24) is 9.97 Å². The van der Waals surface area contributed by atoms with Gasteiger partial charge in [0.1, 0.15) is 5.82 Å². The molecule has 2 N–H and O–H groups in total. The Labute approximate surface area is 136 Å². The zero-order valence-electron chi connectivity index (χ0n) is 12.9. The summed E-state index contributed by atoms with van der Waals surface area (Å²) in [5.41, 5.74) is 2.05. The van der Waals surface area contributed by atoms with Crippen LogP contribution in [0.1, 0.15) is 44.7 Å². The van der Waals surface area contributed by atoms with Crippen LogP contribution in [0.5, 0.6) is 0 Å². The lowest BCUT2D eigenvalue weighted by Crippen LogP contribution is -2.16. The van der Waals surface area contributed by atoms with Crippen LogP contribution in [0.15, 0.2) is 30.3 Å². The fourth-order valence-electron chi connectivity index (χ4n) is 2.22. The normalized spacial score (nSPS) is 15.4. The molecule has 0 spiro atoms. The van der Waals surface area contributed by atoms with E-state index in [9.17, 15) is 0 Å². The van der Waals surface area contributed by atoms with Crippen molar-refractivity contribution in [1.29, 1.82) is 0 Å². The molecule has 0 unspecified atom stereocenters. The van der Waals surface area contributed by atoms with Gasteiger partial charge in [0, 0.05) is 28.7 Å². The van der Waals surface area contributed by atoms with E-state index in [1.165, 1.54) is 12.8 Å². The van der Waals surface area contributed by atoms with Crippen LogP contribution in [-0.2, 0) is 0 Å². The molecule has 1 aliphatic rings. The van der Waals surface area contributed by atoms with Crippen LogP contribution in [0.2, 0.25) is 5.02 Å². The molecule has 0 saturated heterocycles. The molecule has 116 valence electrons. The maximum atomic E-state index is 6.04. The molecule has 0 amide bonds. The molecular weight excluding hydrogens is 296 g/mol. The van der Waals surface area contributed by atoms with Crippen LogP contribution in [0.25, 0.3) is 0 Å². The quantitative estimate of drug-likeness (QED) is 0.790. The van der Waals surface area contributed by atoms with Gasteiger partial charge in [-0.2, -0.15) is 4.98 Å². The van der Waals surface area contributed by atoms with E-state index in [0.29, 0.717) is 22.9 Å². The predicted molar refractivity (Wildman–Crippen MR) is 92.1 cm³/mol. The summed E-state index contributed by atoms with van der Waals surface area (Å²) in [6, 6.07) is 10.0. The number of nitrogens with one attached hydrogen (secondary N) is 2. The van der Waals surface area contributed by atoms with Gasteiger partial charge in [-0.05, 0) is 44.4 Å². The van der Waals surface area contributed by atoms with Gasteiger partial charge in [0.15, 0.2) is 0 Å². The van der Waals surface area contributed by atoms with E-state index in [0.717, 1.165) is 23.6 Å². The Bertz CT molecular complexity index is 655. The van der Waals surface area contributed by atoms with Crippen LogP contribution in [0.3, 0.4) is 0 Å². The SMILES string of the molecule is CC[C@H](C)Nc1nc(Nc2cccc(Cl)c2)cc(C2CC2)n1. The molecule has 0 bridgehead atoms. The maximum absolute atomic E-state index is 6.04. The zero-order valence-corrected chi connectivity index (χ0v) is 13.7. The third-order valence-electron chi connectivity index (χ3n) is 3.83. The Hall–Kier alpha value is -1.81. The average Bonchev–Trinajstić information content (AvgIpc) is 3.31. The highest BCUT2D eigenvalue weighted by Crippen LogP contribution is 2.40. The number of halogens is 1. The van der Waals surface area contributed by atoms with Crippen LogP contribution < -0.4 is 10.6 Å². The van der Waals surface area contributed by atoms with Crippen molar-refractivity contribution in [2.45, 2.75) is 45.1 Å². The summed E-state index contributed by atoms with van der Waals surface area (Å²) < 4.78 is 0. The number of benzene rings is 1. The predicted octanol–water partition coefficient (Wildman–Crippen LogP) is 4.96. The topological polar surface area (TPSA) is 49.8 Å². The maximum Gasteiger partial charge on any atom is 0.225 e. The average molecular weight is 317 g/mol. The minimum absolute atomic E-state index is 0.355. The van der Waals surface area contributed by atoms with Crippen LogP contribution >= 0.6 is 11.6 Å². The van der Waals surface area contributed by atoms with E-state index < -0.39 is 0 Å². The first-order chi connectivity index (χ1) is 10.6. The molecule has 1 aromatic heterocycles. The molecule has 1 saturated carbocycles. The first kappa shape index (κ1) is 15.1. The summed E-state index contributed by atoms with van der Waals surface area (Å²) in [5.74, 6) is 2.09. The van der Waals surface area contributed by atoms with Crippen LogP contribution in [0.4, 0.5) is 17.5 Å². The van der Waals surface area contributed by atoms with Crippen molar-refractivity contribution in [2.24, 2.45) is 0 Å². The number of hydrogen-bond acceptors (Lipinski definition) is 4. The lowest BCUT2D eigenvalue weighted by molar-refractivity contribution is 0.750. The van der Waals surface area contributed by atoms with E-state index in [2.05, 4.69) is 34.4 Å². The van der Waals surface area contributed by atoms with Gasteiger partial charge in [-0.15, -0.1) is 0 Å². The zero-order chi connectivity index (χ0) is 15.5. The fraction of sp³-hybridized carbons (Fsp3) is 0.412. The standard InChI is InChI=1S/C17H21ClN4/c1-3-11(2)19-17-21-15(12-7-8-12)10-16(22-17)20-14-6-4-5-13(18)9-14/h4-6,9-12H,3,7-8H2,1-2H3,(H2,19,20,21,22)/t11-/m0/s1. The second-order valence-corrected chi connectivity index (χ2v) is 6.30. The van der Waals surface area contributed by atoms with Gasteiger partial charge in [-0.3, -0.25) is 0 Å². The Balaban J connectivity index is 1.85. The Morgan fingerprint density at radius 3 is 2.77 bits per heavy atom. The van der Waals surface area contributed by atoms with Crippen LogP contribution in [-0.4, -0.2) is 16.0 Å². The van der Waals surface area contributed by atoms with E-state index in [1.807, 2.05) is 30.3 Å². The molecule has 22 heavy (non-hydrogen) atoms.